The van der Waals surface area contributed by atoms with E-state index >= 15 is 0 Å². The van der Waals surface area contributed by atoms with Crippen LogP contribution in [0.15, 0.2) is 75.6 Å². The third kappa shape index (κ3) is 5.55. The summed E-state index contributed by atoms with van der Waals surface area (Å²) in [5.74, 6) is -0.340. The number of pyridine rings is 1. The fraction of sp³-hybridized carbons (Fsp3) is 0.182. The molecule has 0 saturated heterocycles. The maximum atomic E-state index is 11.8. The van der Waals surface area contributed by atoms with Crippen molar-refractivity contribution in [1.82, 2.24) is 4.57 Å². The van der Waals surface area contributed by atoms with Crippen LogP contribution in [-0.2, 0) is 16.9 Å². The van der Waals surface area contributed by atoms with Crippen molar-refractivity contribution in [3.05, 3.63) is 97.9 Å². The lowest BCUT2D eigenvalue weighted by Crippen LogP contribution is -2.18. The SMILES string of the molecule is Cn1cc(/C(CC(c2ccc(S(C)(=O)=O)cc2)c2cc(Cl)cc(Cl)c2)=N\O)ccc1=O. The Balaban J connectivity index is 2.09. The number of rotatable bonds is 6. The Hall–Kier alpha value is -2.61. The lowest BCUT2D eigenvalue weighted by molar-refractivity contribution is 0.317. The number of hydrogen-bond donors (Lipinski definition) is 1. The van der Waals surface area contributed by atoms with Crippen molar-refractivity contribution in [1.29, 1.82) is 0 Å². The number of sulfone groups is 1. The molecule has 0 fully saturated rings. The lowest BCUT2D eigenvalue weighted by atomic mass is 9.85. The predicted molar refractivity (Wildman–Crippen MR) is 122 cm³/mol. The van der Waals surface area contributed by atoms with Gasteiger partial charge in [0.15, 0.2) is 9.84 Å². The smallest absolute Gasteiger partial charge is 0.250 e. The minimum atomic E-state index is -3.34. The number of aryl methyl sites for hydroxylation is 1. The molecular formula is C22H20Cl2N2O4S. The average Bonchev–Trinajstić information content (AvgIpc) is 2.70. The molecule has 3 rings (SSSR count). The van der Waals surface area contributed by atoms with Gasteiger partial charge >= 0.3 is 0 Å². The highest BCUT2D eigenvalue weighted by Gasteiger charge is 2.21. The van der Waals surface area contributed by atoms with Crippen molar-refractivity contribution in [3.8, 4) is 0 Å². The fourth-order valence-corrected chi connectivity index (χ4v) is 4.50. The van der Waals surface area contributed by atoms with Gasteiger partial charge in [-0.25, -0.2) is 8.42 Å². The molecule has 162 valence electrons. The van der Waals surface area contributed by atoms with Gasteiger partial charge in [-0.05, 0) is 47.5 Å². The summed E-state index contributed by atoms with van der Waals surface area (Å²) < 4.78 is 25.0. The Bertz CT molecular complexity index is 1280. The van der Waals surface area contributed by atoms with Crippen molar-refractivity contribution in [2.24, 2.45) is 12.2 Å². The van der Waals surface area contributed by atoms with Gasteiger partial charge in [0, 0.05) is 53.5 Å². The normalized spacial score (nSPS) is 13.2. The number of benzene rings is 2. The van der Waals surface area contributed by atoms with E-state index in [0.717, 1.165) is 17.4 Å². The lowest BCUT2D eigenvalue weighted by Gasteiger charge is -2.20. The van der Waals surface area contributed by atoms with Gasteiger partial charge in [-0.1, -0.05) is 40.5 Å². The van der Waals surface area contributed by atoms with Gasteiger partial charge in [0.1, 0.15) is 0 Å². The Morgan fingerprint density at radius 1 is 1.03 bits per heavy atom. The number of hydrogen-bond acceptors (Lipinski definition) is 5. The number of oxime groups is 1. The van der Waals surface area contributed by atoms with Crippen molar-refractivity contribution in [2.75, 3.05) is 6.26 Å². The van der Waals surface area contributed by atoms with E-state index in [9.17, 15) is 18.4 Å². The molecule has 0 aliphatic carbocycles. The summed E-state index contributed by atoms with van der Waals surface area (Å²) in [6.45, 7) is 0. The molecule has 2 aromatic carbocycles. The zero-order chi connectivity index (χ0) is 22.8. The molecule has 9 heteroatoms. The van der Waals surface area contributed by atoms with Gasteiger partial charge in [-0.2, -0.15) is 0 Å². The molecule has 31 heavy (non-hydrogen) atoms. The van der Waals surface area contributed by atoms with Crippen LogP contribution in [0.4, 0.5) is 0 Å². The summed E-state index contributed by atoms with van der Waals surface area (Å²) in [4.78, 5) is 11.9. The molecule has 1 aromatic heterocycles. The van der Waals surface area contributed by atoms with E-state index in [0.29, 0.717) is 21.3 Å². The maximum absolute atomic E-state index is 11.8. The van der Waals surface area contributed by atoms with Gasteiger partial charge in [0.25, 0.3) is 0 Å². The summed E-state index contributed by atoms with van der Waals surface area (Å²) in [7, 11) is -1.73. The van der Waals surface area contributed by atoms with Crippen molar-refractivity contribution < 1.29 is 13.6 Å². The molecule has 0 saturated carbocycles. The summed E-state index contributed by atoms with van der Waals surface area (Å²) in [5, 5.41) is 14.1. The van der Waals surface area contributed by atoms with Crippen LogP contribution in [0.25, 0.3) is 0 Å². The van der Waals surface area contributed by atoms with Crippen LogP contribution >= 0.6 is 23.2 Å². The van der Waals surface area contributed by atoms with Crippen LogP contribution in [0.5, 0.6) is 0 Å². The molecule has 0 radical (unpaired) electrons. The fourth-order valence-electron chi connectivity index (χ4n) is 3.33. The Labute approximate surface area is 190 Å². The van der Waals surface area contributed by atoms with Crippen LogP contribution in [0.1, 0.15) is 29.0 Å². The predicted octanol–water partition coefficient (Wildman–Crippen LogP) is 4.50. The second-order valence-corrected chi connectivity index (χ2v) is 10.1. The molecule has 6 nitrogen and oxygen atoms in total. The molecule has 0 amide bonds. The zero-order valence-electron chi connectivity index (χ0n) is 16.8. The second-order valence-electron chi connectivity index (χ2n) is 7.21. The number of halogens is 2. The van der Waals surface area contributed by atoms with Crippen LogP contribution < -0.4 is 5.56 Å². The molecular weight excluding hydrogens is 459 g/mol. The highest BCUT2D eigenvalue weighted by atomic mass is 35.5. The van der Waals surface area contributed by atoms with Gasteiger partial charge < -0.3 is 9.77 Å². The van der Waals surface area contributed by atoms with Crippen LogP contribution in [0.3, 0.4) is 0 Å². The first-order valence-electron chi connectivity index (χ1n) is 9.22. The number of aromatic nitrogens is 1. The molecule has 0 aliphatic rings. The van der Waals surface area contributed by atoms with E-state index in [1.165, 1.54) is 22.8 Å². The van der Waals surface area contributed by atoms with Crippen LogP contribution in [-0.4, -0.2) is 30.2 Å². The van der Waals surface area contributed by atoms with E-state index in [4.69, 9.17) is 23.2 Å². The van der Waals surface area contributed by atoms with E-state index in [-0.39, 0.29) is 22.8 Å². The van der Waals surface area contributed by atoms with E-state index in [2.05, 4.69) is 5.16 Å². The van der Waals surface area contributed by atoms with Crippen molar-refractivity contribution >= 4 is 38.8 Å². The average molecular weight is 479 g/mol. The summed E-state index contributed by atoms with van der Waals surface area (Å²) >= 11 is 12.4. The number of nitrogens with zero attached hydrogens (tertiary/aromatic N) is 2. The molecule has 1 atom stereocenters. The molecule has 0 spiro atoms. The van der Waals surface area contributed by atoms with Crippen molar-refractivity contribution in [3.63, 3.8) is 0 Å². The monoisotopic (exact) mass is 478 g/mol. The van der Waals surface area contributed by atoms with Crippen molar-refractivity contribution in [2.45, 2.75) is 17.2 Å². The zero-order valence-corrected chi connectivity index (χ0v) is 19.1. The van der Waals surface area contributed by atoms with Gasteiger partial charge in [-0.3, -0.25) is 4.79 Å². The van der Waals surface area contributed by atoms with E-state index < -0.39 is 9.84 Å². The van der Waals surface area contributed by atoms with E-state index in [1.54, 1.807) is 49.6 Å². The minimum Gasteiger partial charge on any atom is -0.411 e. The Morgan fingerprint density at radius 2 is 1.65 bits per heavy atom. The highest BCUT2D eigenvalue weighted by Crippen LogP contribution is 2.33. The van der Waals surface area contributed by atoms with Gasteiger partial charge in [0.05, 0.1) is 10.6 Å². The molecule has 1 unspecified atom stereocenters. The van der Waals surface area contributed by atoms with Crippen LogP contribution in [0.2, 0.25) is 10.0 Å². The molecule has 1 N–H and O–H groups in total. The Kier molecular flexibility index (Phi) is 6.89. The third-order valence-electron chi connectivity index (χ3n) is 4.94. The first-order chi connectivity index (χ1) is 14.6. The topological polar surface area (TPSA) is 88.7 Å². The standard InChI is InChI=1S/C22H20Cl2N2O4S/c1-26-13-15(5-8-22(26)27)21(25-28)12-20(16-9-17(23)11-18(24)10-16)14-3-6-19(7-4-14)31(2,29)30/h3-11,13,20,28H,12H2,1-2H3/b25-21-. The van der Waals surface area contributed by atoms with Gasteiger partial charge in [0.2, 0.25) is 5.56 Å². The first kappa shape index (κ1) is 23.1. The molecule has 0 aliphatic heterocycles. The van der Waals surface area contributed by atoms with Gasteiger partial charge in [-0.15, -0.1) is 0 Å². The summed E-state index contributed by atoms with van der Waals surface area (Å²) in [5.41, 5.74) is 2.31. The summed E-state index contributed by atoms with van der Waals surface area (Å²) in [6, 6.07) is 14.6. The minimum absolute atomic E-state index is 0.185. The first-order valence-corrected chi connectivity index (χ1v) is 11.9. The van der Waals surface area contributed by atoms with E-state index in [1.807, 2.05) is 0 Å². The summed E-state index contributed by atoms with van der Waals surface area (Å²) in [6.07, 6.45) is 2.99. The Morgan fingerprint density at radius 3 is 2.16 bits per heavy atom. The quantitative estimate of drug-likeness (QED) is 0.321. The molecule has 0 bridgehead atoms. The molecule has 3 aromatic rings. The molecule has 1 heterocycles. The highest BCUT2D eigenvalue weighted by molar-refractivity contribution is 7.90. The third-order valence-corrected chi connectivity index (χ3v) is 6.50. The maximum Gasteiger partial charge on any atom is 0.250 e. The second kappa shape index (κ2) is 9.26. The largest absolute Gasteiger partial charge is 0.411 e. The van der Waals surface area contributed by atoms with Crippen LogP contribution in [0, 0.1) is 0 Å².